The van der Waals surface area contributed by atoms with Crippen LogP contribution in [-0.2, 0) is 0 Å². The molecule has 2 nitrogen and oxygen atoms in total. The number of likely N-dealkylation sites (tertiary alicyclic amines) is 2. The van der Waals surface area contributed by atoms with Crippen molar-refractivity contribution in [3.05, 3.63) is 30.1 Å². The van der Waals surface area contributed by atoms with E-state index in [1.807, 2.05) is 23.9 Å². The lowest BCUT2D eigenvalue weighted by atomic mass is 9.96. The van der Waals surface area contributed by atoms with Gasteiger partial charge in [0.2, 0.25) is 0 Å². The Morgan fingerprint density at radius 2 is 1.64 bits per heavy atom. The van der Waals surface area contributed by atoms with Crippen molar-refractivity contribution < 1.29 is 4.39 Å². The van der Waals surface area contributed by atoms with Crippen molar-refractivity contribution in [2.24, 2.45) is 5.92 Å². The molecular weight excluding hydrogens is 295 g/mol. The first-order valence-corrected chi connectivity index (χ1v) is 9.61. The van der Waals surface area contributed by atoms with Crippen LogP contribution in [-0.4, -0.2) is 54.8 Å². The van der Waals surface area contributed by atoms with Crippen LogP contribution in [0.1, 0.15) is 25.7 Å². The summed E-state index contributed by atoms with van der Waals surface area (Å²) in [5.74, 6) is 1.87. The van der Waals surface area contributed by atoms with Crippen LogP contribution in [0, 0.1) is 11.7 Å². The minimum Gasteiger partial charge on any atom is -0.303 e. The van der Waals surface area contributed by atoms with E-state index in [-0.39, 0.29) is 5.82 Å². The minimum atomic E-state index is -0.149. The van der Waals surface area contributed by atoms with Crippen molar-refractivity contribution >= 4 is 11.8 Å². The van der Waals surface area contributed by atoms with Gasteiger partial charge in [-0.15, -0.1) is 11.8 Å². The fourth-order valence-electron chi connectivity index (χ4n) is 3.55. The molecule has 3 rings (SSSR count). The topological polar surface area (TPSA) is 6.48 Å². The number of thioether (sulfide) groups is 1. The molecule has 2 aliphatic heterocycles. The second kappa shape index (κ2) is 8.32. The molecule has 2 aliphatic rings. The second-order valence-electron chi connectivity index (χ2n) is 6.60. The number of rotatable bonds is 6. The molecule has 4 heteroatoms. The average Bonchev–Trinajstić information content (AvgIpc) is 3.04. The summed E-state index contributed by atoms with van der Waals surface area (Å²) < 4.78 is 12.9. The largest absolute Gasteiger partial charge is 0.303 e. The van der Waals surface area contributed by atoms with Crippen LogP contribution in [0.15, 0.2) is 29.2 Å². The van der Waals surface area contributed by atoms with E-state index in [4.69, 9.17) is 0 Å². The Kier molecular flexibility index (Phi) is 6.16. The molecule has 1 aromatic carbocycles. The predicted molar refractivity (Wildman–Crippen MR) is 92.0 cm³/mol. The van der Waals surface area contributed by atoms with Gasteiger partial charge in [-0.25, -0.2) is 4.39 Å². The lowest BCUT2D eigenvalue weighted by molar-refractivity contribution is 0.160. The fraction of sp³-hybridized carbons (Fsp3) is 0.667. The van der Waals surface area contributed by atoms with Crippen molar-refractivity contribution in [2.75, 3.05) is 45.0 Å². The normalized spacial score (nSPS) is 21.5. The van der Waals surface area contributed by atoms with Crippen molar-refractivity contribution in [1.29, 1.82) is 0 Å². The van der Waals surface area contributed by atoms with Gasteiger partial charge < -0.3 is 9.80 Å². The number of piperidine rings is 1. The Labute approximate surface area is 138 Å². The molecule has 0 aromatic heterocycles. The van der Waals surface area contributed by atoms with Gasteiger partial charge in [0.15, 0.2) is 0 Å². The van der Waals surface area contributed by atoms with Crippen LogP contribution < -0.4 is 0 Å². The predicted octanol–water partition coefficient (Wildman–Crippen LogP) is 3.73. The summed E-state index contributed by atoms with van der Waals surface area (Å²) in [5, 5.41) is 0. The molecule has 0 amide bonds. The molecule has 2 heterocycles. The van der Waals surface area contributed by atoms with E-state index in [9.17, 15) is 4.39 Å². The van der Waals surface area contributed by atoms with Crippen molar-refractivity contribution in [2.45, 2.75) is 30.6 Å². The highest BCUT2D eigenvalue weighted by atomic mass is 32.2. The molecule has 0 saturated carbocycles. The monoisotopic (exact) mass is 322 g/mol. The number of nitrogens with zero attached hydrogens (tertiary/aromatic N) is 2. The molecule has 0 unspecified atom stereocenters. The number of halogens is 1. The minimum absolute atomic E-state index is 0.149. The number of hydrogen-bond acceptors (Lipinski definition) is 3. The molecule has 2 fully saturated rings. The van der Waals surface area contributed by atoms with E-state index in [1.54, 1.807) is 12.1 Å². The molecule has 0 radical (unpaired) electrons. The summed E-state index contributed by atoms with van der Waals surface area (Å²) in [7, 11) is 0. The number of hydrogen-bond donors (Lipinski definition) is 0. The van der Waals surface area contributed by atoms with Gasteiger partial charge in [-0.3, -0.25) is 0 Å². The van der Waals surface area contributed by atoms with Crippen LogP contribution in [0.4, 0.5) is 4.39 Å². The van der Waals surface area contributed by atoms with E-state index in [1.165, 1.54) is 63.3 Å². The maximum Gasteiger partial charge on any atom is 0.123 e. The third-order valence-electron chi connectivity index (χ3n) is 4.91. The SMILES string of the molecule is Fc1ccc(SCCN2CCC(CN3CCCC3)CC2)cc1. The van der Waals surface area contributed by atoms with Crippen molar-refractivity contribution in [3.8, 4) is 0 Å². The standard InChI is InChI=1S/C18H27FN2S/c19-17-3-5-18(6-4-17)22-14-13-20-11-7-16(8-12-20)15-21-9-1-2-10-21/h3-6,16H,1-2,7-15H2. The molecule has 22 heavy (non-hydrogen) atoms. The molecular formula is C18H27FN2S. The summed E-state index contributed by atoms with van der Waals surface area (Å²) in [6, 6.07) is 6.85. The van der Waals surface area contributed by atoms with Crippen LogP contribution in [0.5, 0.6) is 0 Å². The Hall–Kier alpha value is -0.580. The lowest BCUT2D eigenvalue weighted by Crippen LogP contribution is -2.39. The van der Waals surface area contributed by atoms with Crippen LogP contribution in [0.2, 0.25) is 0 Å². The fourth-order valence-corrected chi connectivity index (χ4v) is 4.46. The highest BCUT2D eigenvalue weighted by Crippen LogP contribution is 2.22. The Balaban J connectivity index is 1.31. The molecule has 0 spiro atoms. The van der Waals surface area contributed by atoms with Gasteiger partial charge in [0, 0.05) is 23.7 Å². The summed E-state index contributed by atoms with van der Waals surface area (Å²) in [6.07, 6.45) is 5.52. The molecule has 0 bridgehead atoms. The average molecular weight is 322 g/mol. The summed E-state index contributed by atoms with van der Waals surface area (Å²) >= 11 is 1.83. The van der Waals surface area contributed by atoms with E-state index in [2.05, 4.69) is 9.80 Å². The Morgan fingerprint density at radius 1 is 0.955 bits per heavy atom. The zero-order chi connectivity index (χ0) is 15.2. The Bertz CT molecular complexity index is 437. The molecule has 2 saturated heterocycles. The summed E-state index contributed by atoms with van der Waals surface area (Å²) in [6.45, 7) is 7.64. The maximum absolute atomic E-state index is 12.9. The Morgan fingerprint density at radius 3 is 2.32 bits per heavy atom. The van der Waals surface area contributed by atoms with Gasteiger partial charge in [-0.2, -0.15) is 0 Å². The third kappa shape index (κ3) is 4.97. The third-order valence-corrected chi connectivity index (χ3v) is 5.90. The zero-order valence-corrected chi connectivity index (χ0v) is 14.2. The van der Waals surface area contributed by atoms with Crippen molar-refractivity contribution in [3.63, 3.8) is 0 Å². The first-order chi connectivity index (χ1) is 10.8. The molecule has 0 N–H and O–H groups in total. The van der Waals surface area contributed by atoms with Crippen LogP contribution in [0.3, 0.4) is 0 Å². The quantitative estimate of drug-likeness (QED) is 0.737. The van der Waals surface area contributed by atoms with E-state index >= 15 is 0 Å². The van der Waals surface area contributed by atoms with Gasteiger partial charge >= 0.3 is 0 Å². The smallest absolute Gasteiger partial charge is 0.123 e. The second-order valence-corrected chi connectivity index (χ2v) is 7.76. The highest BCUT2D eigenvalue weighted by molar-refractivity contribution is 7.99. The highest BCUT2D eigenvalue weighted by Gasteiger charge is 2.22. The summed E-state index contributed by atoms with van der Waals surface area (Å²) in [5.41, 5.74) is 0. The lowest BCUT2D eigenvalue weighted by Gasteiger charge is -2.33. The van der Waals surface area contributed by atoms with Gasteiger partial charge in [0.05, 0.1) is 0 Å². The van der Waals surface area contributed by atoms with E-state index in [0.717, 1.165) is 18.2 Å². The van der Waals surface area contributed by atoms with E-state index in [0.29, 0.717) is 0 Å². The van der Waals surface area contributed by atoms with Gasteiger partial charge in [0.1, 0.15) is 5.82 Å². The van der Waals surface area contributed by atoms with Gasteiger partial charge in [-0.1, -0.05) is 0 Å². The molecule has 1 aromatic rings. The molecule has 122 valence electrons. The zero-order valence-electron chi connectivity index (χ0n) is 13.3. The van der Waals surface area contributed by atoms with Gasteiger partial charge in [0.25, 0.3) is 0 Å². The number of benzene rings is 1. The summed E-state index contributed by atoms with van der Waals surface area (Å²) in [4.78, 5) is 6.42. The molecule has 0 aliphatic carbocycles. The first kappa shape index (κ1) is 16.3. The maximum atomic E-state index is 12.9. The molecule has 0 atom stereocenters. The first-order valence-electron chi connectivity index (χ1n) is 8.63. The van der Waals surface area contributed by atoms with Gasteiger partial charge in [-0.05, 0) is 82.0 Å². The van der Waals surface area contributed by atoms with Crippen LogP contribution in [0.25, 0.3) is 0 Å². The van der Waals surface area contributed by atoms with E-state index < -0.39 is 0 Å². The van der Waals surface area contributed by atoms with Crippen molar-refractivity contribution in [1.82, 2.24) is 9.80 Å². The van der Waals surface area contributed by atoms with Crippen LogP contribution >= 0.6 is 11.8 Å².